The van der Waals surface area contributed by atoms with Crippen molar-refractivity contribution in [2.75, 3.05) is 24.6 Å². The van der Waals surface area contributed by atoms with Crippen molar-refractivity contribution in [2.24, 2.45) is 5.92 Å². The van der Waals surface area contributed by atoms with Gasteiger partial charge in [0.15, 0.2) is 11.6 Å². The lowest BCUT2D eigenvalue weighted by Crippen LogP contribution is -2.50. The number of piperidine rings is 1. The van der Waals surface area contributed by atoms with Crippen LogP contribution in [0.2, 0.25) is 0 Å². The van der Waals surface area contributed by atoms with Crippen LogP contribution >= 0.6 is 0 Å². The molecule has 1 saturated heterocycles. The van der Waals surface area contributed by atoms with Gasteiger partial charge in [0.05, 0.1) is 12.3 Å². The Kier molecular flexibility index (Phi) is 4.98. The maximum Gasteiger partial charge on any atom is 0.407 e. The first-order valence-corrected chi connectivity index (χ1v) is 7.13. The Morgan fingerprint density at radius 2 is 2.19 bits per heavy atom. The van der Waals surface area contributed by atoms with Crippen LogP contribution in [0, 0.1) is 17.6 Å². The maximum atomic E-state index is 13.9. The second-order valence-electron chi connectivity index (χ2n) is 5.38. The zero-order valence-electron chi connectivity index (χ0n) is 12.2. The lowest BCUT2D eigenvalue weighted by atomic mass is 9.95. The topological polar surface area (TPSA) is 41.6 Å². The quantitative estimate of drug-likeness (QED) is 0.933. The molecule has 2 atom stereocenters. The maximum absolute atomic E-state index is 13.9. The molecule has 1 fully saturated rings. The summed E-state index contributed by atoms with van der Waals surface area (Å²) < 4.78 is 32.1. The standard InChI is InChI=1S/C15H20F2N2O2/c1-3-21-15(20)18-11-7-10(2)8-19(9-11)13-6-4-5-12(16)14(13)17/h4-6,10-11H,3,7-9H2,1-2H3,(H,18,20). The minimum atomic E-state index is -0.861. The Morgan fingerprint density at radius 3 is 2.90 bits per heavy atom. The van der Waals surface area contributed by atoms with Crippen LogP contribution in [0.1, 0.15) is 20.3 Å². The predicted octanol–water partition coefficient (Wildman–Crippen LogP) is 2.93. The molecular weight excluding hydrogens is 278 g/mol. The fourth-order valence-electron chi connectivity index (χ4n) is 2.73. The monoisotopic (exact) mass is 298 g/mol. The average Bonchev–Trinajstić information content (AvgIpc) is 2.41. The van der Waals surface area contributed by atoms with Gasteiger partial charge in [-0.2, -0.15) is 0 Å². The van der Waals surface area contributed by atoms with Gasteiger partial charge in [0.1, 0.15) is 0 Å². The summed E-state index contributed by atoms with van der Waals surface area (Å²) >= 11 is 0. The van der Waals surface area contributed by atoms with E-state index in [1.807, 2.05) is 6.92 Å². The third-order valence-corrected chi connectivity index (χ3v) is 3.53. The molecule has 2 unspecified atom stereocenters. The minimum Gasteiger partial charge on any atom is -0.450 e. The van der Waals surface area contributed by atoms with E-state index < -0.39 is 17.7 Å². The average molecular weight is 298 g/mol. The van der Waals surface area contributed by atoms with Crippen LogP contribution in [0.15, 0.2) is 18.2 Å². The number of carbonyl (C=O) groups excluding carboxylic acids is 1. The second-order valence-corrected chi connectivity index (χ2v) is 5.38. The Hall–Kier alpha value is -1.85. The molecule has 4 nitrogen and oxygen atoms in total. The van der Waals surface area contributed by atoms with Gasteiger partial charge in [-0.15, -0.1) is 0 Å². The highest BCUT2D eigenvalue weighted by molar-refractivity contribution is 5.67. The molecule has 6 heteroatoms. The van der Waals surface area contributed by atoms with Crippen molar-refractivity contribution < 1.29 is 18.3 Å². The number of amides is 1. The van der Waals surface area contributed by atoms with E-state index in [0.717, 1.165) is 12.5 Å². The number of anilines is 1. The van der Waals surface area contributed by atoms with E-state index in [1.54, 1.807) is 17.9 Å². The van der Waals surface area contributed by atoms with Gasteiger partial charge in [-0.1, -0.05) is 13.0 Å². The molecule has 0 spiro atoms. The van der Waals surface area contributed by atoms with Gasteiger partial charge < -0.3 is 15.0 Å². The van der Waals surface area contributed by atoms with Crippen molar-refractivity contribution in [1.82, 2.24) is 5.32 Å². The van der Waals surface area contributed by atoms with Gasteiger partial charge in [-0.05, 0) is 31.4 Å². The van der Waals surface area contributed by atoms with Gasteiger partial charge in [-0.3, -0.25) is 0 Å². The first-order chi connectivity index (χ1) is 10.0. The molecule has 0 bridgehead atoms. The van der Waals surface area contributed by atoms with E-state index in [4.69, 9.17) is 4.74 Å². The number of halogens is 2. The highest BCUT2D eigenvalue weighted by Crippen LogP contribution is 2.26. The lowest BCUT2D eigenvalue weighted by Gasteiger charge is -2.38. The number of carbonyl (C=O) groups is 1. The van der Waals surface area contributed by atoms with Crippen molar-refractivity contribution >= 4 is 11.8 Å². The molecule has 116 valence electrons. The smallest absolute Gasteiger partial charge is 0.407 e. The highest BCUT2D eigenvalue weighted by atomic mass is 19.2. The largest absolute Gasteiger partial charge is 0.450 e. The van der Waals surface area contributed by atoms with Crippen LogP contribution in [-0.4, -0.2) is 31.8 Å². The van der Waals surface area contributed by atoms with E-state index >= 15 is 0 Å². The zero-order chi connectivity index (χ0) is 15.4. The Labute approximate surface area is 123 Å². The molecule has 1 aromatic rings. The van der Waals surface area contributed by atoms with Crippen LogP contribution in [0.4, 0.5) is 19.3 Å². The predicted molar refractivity (Wildman–Crippen MR) is 76.3 cm³/mol. The number of benzene rings is 1. The van der Waals surface area contributed by atoms with Crippen molar-refractivity contribution in [3.63, 3.8) is 0 Å². The summed E-state index contributed by atoms with van der Waals surface area (Å²) in [6.45, 7) is 5.11. The molecule has 0 aliphatic carbocycles. The minimum absolute atomic E-state index is 0.143. The summed E-state index contributed by atoms with van der Waals surface area (Å²) in [4.78, 5) is 13.3. The fourth-order valence-corrected chi connectivity index (χ4v) is 2.73. The third kappa shape index (κ3) is 3.83. The van der Waals surface area contributed by atoms with Crippen LogP contribution in [-0.2, 0) is 4.74 Å². The summed E-state index contributed by atoms with van der Waals surface area (Å²) in [7, 11) is 0. The van der Waals surface area contributed by atoms with Gasteiger partial charge in [0.25, 0.3) is 0 Å². The molecular formula is C15H20F2N2O2. The van der Waals surface area contributed by atoms with E-state index in [0.29, 0.717) is 19.7 Å². The zero-order valence-corrected chi connectivity index (χ0v) is 12.2. The van der Waals surface area contributed by atoms with Crippen LogP contribution in [0.5, 0.6) is 0 Å². The summed E-state index contributed by atoms with van der Waals surface area (Å²) in [6, 6.07) is 4.00. The van der Waals surface area contributed by atoms with Crippen molar-refractivity contribution in [2.45, 2.75) is 26.3 Å². The molecule has 1 aliphatic heterocycles. The van der Waals surface area contributed by atoms with Crippen molar-refractivity contribution in [3.8, 4) is 0 Å². The number of ether oxygens (including phenoxy) is 1. The highest BCUT2D eigenvalue weighted by Gasteiger charge is 2.28. The number of rotatable bonds is 3. The number of nitrogens with zero attached hydrogens (tertiary/aromatic N) is 1. The van der Waals surface area contributed by atoms with E-state index in [-0.39, 0.29) is 17.6 Å². The summed E-state index contributed by atoms with van der Waals surface area (Å²) in [5, 5.41) is 2.76. The molecule has 2 rings (SSSR count). The van der Waals surface area contributed by atoms with E-state index in [9.17, 15) is 13.6 Å². The molecule has 1 aliphatic rings. The molecule has 21 heavy (non-hydrogen) atoms. The SMILES string of the molecule is CCOC(=O)NC1CC(C)CN(c2cccc(F)c2F)C1. The molecule has 1 N–H and O–H groups in total. The molecule has 0 aromatic heterocycles. The molecule has 0 radical (unpaired) electrons. The third-order valence-electron chi connectivity index (χ3n) is 3.53. The van der Waals surface area contributed by atoms with Gasteiger partial charge in [0.2, 0.25) is 0 Å². The number of hydrogen-bond acceptors (Lipinski definition) is 3. The van der Waals surface area contributed by atoms with Gasteiger partial charge >= 0.3 is 6.09 Å². The first-order valence-electron chi connectivity index (χ1n) is 7.13. The van der Waals surface area contributed by atoms with Gasteiger partial charge in [0, 0.05) is 19.1 Å². The summed E-state index contributed by atoms with van der Waals surface area (Å²) in [6.07, 6.45) is 0.308. The summed E-state index contributed by atoms with van der Waals surface area (Å²) in [5.41, 5.74) is 0.234. The number of alkyl carbamates (subject to hydrolysis) is 1. The van der Waals surface area contributed by atoms with Gasteiger partial charge in [-0.25, -0.2) is 13.6 Å². The molecule has 0 saturated carbocycles. The Bertz CT molecular complexity index is 510. The van der Waals surface area contributed by atoms with Crippen LogP contribution in [0.25, 0.3) is 0 Å². The lowest BCUT2D eigenvalue weighted by molar-refractivity contribution is 0.145. The number of hydrogen-bond donors (Lipinski definition) is 1. The molecule has 1 aromatic carbocycles. The Morgan fingerprint density at radius 1 is 1.43 bits per heavy atom. The van der Waals surface area contributed by atoms with Crippen molar-refractivity contribution in [3.05, 3.63) is 29.8 Å². The molecule has 1 amide bonds. The fraction of sp³-hybridized carbons (Fsp3) is 0.533. The summed E-state index contributed by atoms with van der Waals surface area (Å²) in [5.74, 6) is -1.45. The van der Waals surface area contributed by atoms with Crippen LogP contribution < -0.4 is 10.2 Å². The first kappa shape index (κ1) is 15.5. The van der Waals surface area contributed by atoms with Crippen LogP contribution in [0.3, 0.4) is 0 Å². The second kappa shape index (κ2) is 6.74. The normalized spacial score (nSPS) is 22.0. The van der Waals surface area contributed by atoms with E-state index in [1.165, 1.54) is 6.07 Å². The van der Waals surface area contributed by atoms with Crippen molar-refractivity contribution in [1.29, 1.82) is 0 Å². The number of nitrogens with one attached hydrogen (secondary N) is 1. The Balaban J connectivity index is 2.10. The van der Waals surface area contributed by atoms with E-state index in [2.05, 4.69) is 5.32 Å². The molecule has 1 heterocycles.